The molecule has 0 bridgehead atoms. The van der Waals surface area contributed by atoms with Crippen molar-refractivity contribution in [3.05, 3.63) is 35.4 Å². The lowest BCUT2D eigenvalue weighted by Gasteiger charge is -2.37. The smallest absolute Gasteiger partial charge is 0.251 e. The summed E-state index contributed by atoms with van der Waals surface area (Å²) in [7, 11) is 0. The fourth-order valence-corrected chi connectivity index (χ4v) is 4.41. The third kappa shape index (κ3) is 5.61. The first kappa shape index (κ1) is 22.3. The molecule has 3 amide bonds. The van der Waals surface area contributed by atoms with Gasteiger partial charge in [-0.05, 0) is 56.6 Å². The van der Waals surface area contributed by atoms with Gasteiger partial charge in [-0.2, -0.15) is 0 Å². The standard InChI is InChI=1S/C24H35N3O3/c1-17(2)16-21(28)26-14-10-19(11-15-26)22(24(30)27-12-4-5-13-27)25-23(29)20-8-6-18(3)7-9-20/h6-9,17,19,22H,4-5,10-16H2,1-3H3,(H,25,29). The molecule has 2 fully saturated rings. The lowest BCUT2D eigenvalue weighted by molar-refractivity contribution is -0.135. The van der Waals surface area contributed by atoms with Gasteiger partial charge in [-0.15, -0.1) is 0 Å². The Morgan fingerprint density at radius 1 is 0.967 bits per heavy atom. The van der Waals surface area contributed by atoms with E-state index in [1.165, 1.54) is 0 Å². The van der Waals surface area contributed by atoms with Crippen LogP contribution < -0.4 is 5.32 Å². The van der Waals surface area contributed by atoms with Crippen molar-refractivity contribution in [3.63, 3.8) is 0 Å². The maximum Gasteiger partial charge on any atom is 0.251 e. The normalized spacial score (nSPS) is 18.5. The van der Waals surface area contributed by atoms with Gasteiger partial charge in [0.05, 0.1) is 0 Å². The predicted octanol–water partition coefficient (Wildman–Crippen LogP) is 3.00. The fraction of sp³-hybridized carbons (Fsp3) is 0.625. The highest BCUT2D eigenvalue weighted by Gasteiger charge is 2.36. The van der Waals surface area contributed by atoms with Crippen molar-refractivity contribution in [1.82, 2.24) is 15.1 Å². The van der Waals surface area contributed by atoms with Gasteiger partial charge in [-0.1, -0.05) is 31.5 Å². The number of rotatable bonds is 6. The summed E-state index contributed by atoms with van der Waals surface area (Å²) in [5.74, 6) is 0.407. The summed E-state index contributed by atoms with van der Waals surface area (Å²) >= 11 is 0. The molecular weight excluding hydrogens is 378 g/mol. The third-order valence-corrected chi connectivity index (χ3v) is 6.23. The first-order valence-corrected chi connectivity index (χ1v) is 11.3. The Labute approximate surface area is 180 Å². The Hall–Kier alpha value is -2.37. The van der Waals surface area contributed by atoms with E-state index in [1.54, 1.807) is 12.1 Å². The van der Waals surface area contributed by atoms with Gasteiger partial charge in [0, 0.05) is 38.2 Å². The summed E-state index contributed by atoms with van der Waals surface area (Å²) in [6, 6.07) is 6.89. The number of hydrogen-bond acceptors (Lipinski definition) is 3. The van der Waals surface area contributed by atoms with E-state index in [0.717, 1.165) is 44.3 Å². The summed E-state index contributed by atoms with van der Waals surface area (Å²) in [6.07, 6.45) is 4.08. The van der Waals surface area contributed by atoms with Gasteiger partial charge < -0.3 is 15.1 Å². The average molecular weight is 414 g/mol. The third-order valence-electron chi connectivity index (χ3n) is 6.23. The van der Waals surface area contributed by atoms with Gasteiger partial charge in [0.2, 0.25) is 11.8 Å². The minimum Gasteiger partial charge on any atom is -0.343 e. The minimum atomic E-state index is -0.528. The molecule has 0 aromatic heterocycles. The molecule has 164 valence electrons. The number of carbonyl (C=O) groups excluding carboxylic acids is 3. The first-order chi connectivity index (χ1) is 14.3. The molecule has 0 aliphatic carbocycles. The number of nitrogens with one attached hydrogen (secondary N) is 1. The van der Waals surface area contributed by atoms with Gasteiger partial charge in [0.1, 0.15) is 6.04 Å². The molecule has 3 rings (SSSR count). The molecule has 2 aliphatic rings. The lowest BCUT2D eigenvalue weighted by Crippen LogP contribution is -2.54. The molecule has 1 unspecified atom stereocenters. The molecule has 0 saturated carbocycles. The second kappa shape index (κ2) is 10.1. The van der Waals surface area contributed by atoms with E-state index in [1.807, 2.05) is 28.9 Å². The van der Waals surface area contributed by atoms with Gasteiger partial charge in [0.25, 0.3) is 5.91 Å². The molecule has 1 aromatic rings. The maximum atomic E-state index is 13.3. The number of aryl methyl sites for hydroxylation is 1. The monoisotopic (exact) mass is 413 g/mol. The van der Waals surface area contributed by atoms with Crippen LogP contribution in [0.2, 0.25) is 0 Å². The van der Waals surface area contributed by atoms with Crippen LogP contribution in [0.25, 0.3) is 0 Å². The van der Waals surface area contributed by atoms with Gasteiger partial charge in [-0.3, -0.25) is 14.4 Å². The average Bonchev–Trinajstić information content (AvgIpc) is 3.26. The topological polar surface area (TPSA) is 69.7 Å². The Bertz CT molecular complexity index is 745. The Morgan fingerprint density at radius 3 is 2.13 bits per heavy atom. The molecular formula is C24H35N3O3. The number of amides is 3. The quantitative estimate of drug-likeness (QED) is 0.779. The van der Waals surface area contributed by atoms with Crippen molar-refractivity contribution in [2.24, 2.45) is 11.8 Å². The first-order valence-electron chi connectivity index (χ1n) is 11.3. The highest BCUT2D eigenvalue weighted by molar-refractivity contribution is 5.97. The summed E-state index contributed by atoms with van der Waals surface area (Å²) in [5, 5.41) is 3.04. The van der Waals surface area contributed by atoms with Crippen molar-refractivity contribution in [2.75, 3.05) is 26.2 Å². The molecule has 6 nitrogen and oxygen atoms in total. The van der Waals surface area contributed by atoms with Crippen LogP contribution in [0.3, 0.4) is 0 Å². The minimum absolute atomic E-state index is 0.0277. The van der Waals surface area contributed by atoms with Gasteiger partial charge in [0.15, 0.2) is 0 Å². The van der Waals surface area contributed by atoms with Crippen LogP contribution >= 0.6 is 0 Å². The van der Waals surface area contributed by atoms with Crippen molar-refractivity contribution in [1.29, 1.82) is 0 Å². The molecule has 1 aromatic carbocycles. The maximum absolute atomic E-state index is 13.3. The SMILES string of the molecule is Cc1ccc(C(=O)NC(C(=O)N2CCCC2)C2CCN(C(=O)CC(C)C)CC2)cc1. The van der Waals surface area contributed by atoms with Crippen LogP contribution in [0.5, 0.6) is 0 Å². The van der Waals surface area contributed by atoms with Crippen LogP contribution in [-0.4, -0.2) is 59.7 Å². The number of piperidine rings is 1. The summed E-state index contributed by atoms with van der Waals surface area (Å²) in [4.78, 5) is 42.3. The highest BCUT2D eigenvalue weighted by atomic mass is 16.2. The number of benzene rings is 1. The molecule has 2 heterocycles. The van der Waals surface area contributed by atoms with E-state index in [0.29, 0.717) is 31.0 Å². The van der Waals surface area contributed by atoms with Gasteiger partial charge in [-0.25, -0.2) is 0 Å². The molecule has 2 aliphatic heterocycles. The molecule has 1 atom stereocenters. The number of nitrogens with zero attached hydrogens (tertiary/aromatic N) is 2. The molecule has 2 saturated heterocycles. The summed E-state index contributed by atoms with van der Waals surface area (Å²) < 4.78 is 0. The second-order valence-corrected chi connectivity index (χ2v) is 9.17. The Morgan fingerprint density at radius 2 is 1.57 bits per heavy atom. The van der Waals surface area contributed by atoms with Gasteiger partial charge >= 0.3 is 0 Å². The Balaban J connectivity index is 1.68. The summed E-state index contributed by atoms with van der Waals surface area (Å²) in [6.45, 7) is 8.92. The largest absolute Gasteiger partial charge is 0.343 e. The number of hydrogen-bond donors (Lipinski definition) is 1. The van der Waals surface area contributed by atoms with E-state index < -0.39 is 6.04 Å². The van der Waals surface area contributed by atoms with Crippen molar-refractivity contribution in [2.45, 2.75) is 58.9 Å². The van der Waals surface area contributed by atoms with Crippen LogP contribution in [0.15, 0.2) is 24.3 Å². The Kier molecular flexibility index (Phi) is 7.51. The summed E-state index contributed by atoms with van der Waals surface area (Å²) in [5.41, 5.74) is 1.67. The van der Waals surface area contributed by atoms with E-state index in [9.17, 15) is 14.4 Å². The zero-order valence-electron chi connectivity index (χ0n) is 18.5. The van der Waals surface area contributed by atoms with E-state index in [2.05, 4.69) is 19.2 Å². The number of carbonyl (C=O) groups is 3. The van der Waals surface area contributed by atoms with E-state index in [4.69, 9.17) is 0 Å². The fourth-order valence-electron chi connectivity index (χ4n) is 4.41. The van der Waals surface area contributed by atoms with Crippen LogP contribution in [0.4, 0.5) is 0 Å². The predicted molar refractivity (Wildman–Crippen MR) is 117 cm³/mol. The molecule has 0 radical (unpaired) electrons. The number of likely N-dealkylation sites (tertiary alicyclic amines) is 2. The second-order valence-electron chi connectivity index (χ2n) is 9.17. The zero-order valence-corrected chi connectivity index (χ0v) is 18.5. The van der Waals surface area contributed by atoms with E-state index in [-0.39, 0.29) is 23.6 Å². The molecule has 30 heavy (non-hydrogen) atoms. The van der Waals surface area contributed by atoms with Crippen molar-refractivity contribution >= 4 is 17.7 Å². The molecule has 0 spiro atoms. The van der Waals surface area contributed by atoms with Crippen molar-refractivity contribution in [3.8, 4) is 0 Å². The lowest BCUT2D eigenvalue weighted by atomic mass is 9.88. The zero-order chi connectivity index (χ0) is 21.7. The molecule has 1 N–H and O–H groups in total. The van der Waals surface area contributed by atoms with Crippen LogP contribution in [0.1, 0.15) is 61.9 Å². The highest BCUT2D eigenvalue weighted by Crippen LogP contribution is 2.25. The van der Waals surface area contributed by atoms with Crippen LogP contribution in [0, 0.1) is 18.8 Å². The van der Waals surface area contributed by atoms with Crippen LogP contribution in [-0.2, 0) is 9.59 Å². The van der Waals surface area contributed by atoms with Crippen molar-refractivity contribution < 1.29 is 14.4 Å². The van der Waals surface area contributed by atoms with E-state index >= 15 is 0 Å². The molecule has 6 heteroatoms.